The van der Waals surface area contributed by atoms with Crippen LogP contribution in [0.4, 0.5) is 5.69 Å². The molecule has 1 aliphatic rings. The molecule has 15 heavy (non-hydrogen) atoms. The molecule has 1 N–H and O–H groups in total. The van der Waals surface area contributed by atoms with Gasteiger partial charge >= 0.3 is 0 Å². The second-order valence-electron chi connectivity index (χ2n) is 4.15. The number of benzene rings is 1. The van der Waals surface area contributed by atoms with Gasteiger partial charge < -0.3 is 10.2 Å². The fourth-order valence-corrected chi connectivity index (χ4v) is 2.24. The first kappa shape index (κ1) is 10.5. The molecule has 0 bridgehead atoms. The number of hydrogen-bond acceptors (Lipinski definition) is 2. The Labute approximate surface area is 92.3 Å². The molecule has 0 amide bonds. The van der Waals surface area contributed by atoms with E-state index in [1.54, 1.807) is 0 Å². The summed E-state index contributed by atoms with van der Waals surface area (Å²) in [6.07, 6.45) is 2.34. The smallest absolute Gasteiger partial charge is 0.0402 e. The Balaban J connectivity index is 2.17. The number of likely N-dealkylation sites (N-methyl/N-ethyl adjacent to an activating group) is 2. The Morgan fingerprint density at radius 2 is 2.27 bits per heavy atom. The van der Waals surface area contributed by atoms with Crippen LogP contribution in [0.2, 0.25) is 0 Å². The number of anilines is 1. The number of fused-ring (bicyclic) bond motifs is 1. The molecule has 0 fully saturated rings. The molecule has 0 saturated carbocycles. The lowest BCUT2D eigenvalue weighted by atomic mass is 10.1. The standard InChI is InChI=1S/C13H20N2/c1-3-15-9-7-12-5-4-11(6-8-14-2)10-13(12)15/h4-5,10,14H,3,6-9H2,1-2H3. The summed E-state index contributed by atoms with van der Waals surface area (Å²) in [5.74, 6) is 0. The van der Waals surface area contributed by atoms with Crippen LogP contribution in [0, 0.1) is 0 Å². The molecule has 0 atom stereocenters. The Morgan fingerprint density at radius 3 is 3.00 bits per heavy atom. The van der Waals surface area contributed by atoms with E-state index in [9.17, 15) is 0 Å². The third-order valence-electron chi connectivity index (χ3n) is 3.19. The molecule has 2 rings (SSSR count). The van der Waals surface area contributed by atoms with Crippen molar-refractivity contribution in [2.24, 2.45) is 0 Å². The van der Waals surface area contributed by atoms with Gasteiger partial charge in [0.05, 0.1) is 0 Å². The average Bonchev–Trinajstić information content (AvgIpc) is 2.68. The molecule has 0 radical (unpaired) electrons. The summed E-state index contributed by atoms with van der Waals surface area (Å²) in [6.45, 7) is 5.62. The van der Waals surface area contributed by atoms with Crippen LogP contribution < -0.4 is 10.2 Å². The van der Waals surface area contributed by atoms with E-state index in [-0.39, 0.29) is 0 Å². The predicted molar refractivity (Wildman–Crippen MR) is 65.7 cm³/mol. The van der Waals surface area contributed by atoms with Crippen molar-refractivity contribution in [1.29, 1.82) is 0 Å². The highest BCUT2D eigenvalue weighted by molar-refractivity contribution is 5.59. The molecule has 0 spiro atoms. The number of hydrogen-bond donors (Lipinski definition) is 1. The Bertz CT molecular complexity index is 333. The van der Waals surface area contributed by atoms with Crippen molar-refractivity contribution in [3.8, 4) is 0 Å². The van der Waals surface area contributed by atoms with Crippen molar-refractivity contribution in [1.82, 2.24) is 5.32 Å². The summed E-state index contributed by atoms with van der Waals surface area (Å²) in [5.41, 5.74) is 4.43. The fourth-order valence-electron chi connectivity index (χ4n) is 2.24. The maximum Gasteiger partial charge on any atom is 0.0402 e. The largest absolute Gasteiger partial charge is 0.371 e. The first-order valence-corrected chi connectivity index (χ1v) is 5.86. The maximum absolute atomic E-state index is 3.20. The van der Waals surface area contributed by atoms with Gasteiger partial charge in [0.1, 0.15) is 0 Å². The van der Waals surface area contributed by atoms with E-state index >= 15 is 0 Å². The van der Waals surface area contributed by atoms with Gasteiger partial charge in [-0.25, -0.2) is 0 Å². The molecule has 0 saturated heterocycles. The number of nitrogens with zero attached hydrogens (tertiary/aromatic N) is 1. The summed E-state index contributed by atoms with van der Waals surface area (Å²) >= 11 is 0. The highest BCUT2D eigenvalue weighted by Gasteiger charge is 2.17. The zero-order valence-electron chi connectivity index (χ0n) is 9.71. The second kappa shape index (κ2) is 4.67. The summed E-state index contributed by atoms with van der Waals surface area (Å²) in [4.78, 5) is 2.47. The molecule has 0 aliphatic carbocycles. The normalized spacial score (nSPS) is 14.4. The number of rotatable bonds is 4. The van der Waals surface area contributed by atoms with Crippen LogP contribution in [0.25, 0.3) is 0 Å². The summed E-state index contributed by atoms with van der Waals surface area (Å²) < 4.78 is 0. The molecule has 2 heteroatoms. The molecule has 1 aromatic carbocycles. The van der Waals surface area contributed by atoms with Crippen LogP contribution in [-0.4, -0.2) is 26.7 Å². The molecular weight excluding hydrogens is 184 g/mol. The number of nitrogens with one attached hydrogen (secondary N) is 1. The van der Waals surface area contributed by atoms with Gasteiger partial charge in [-0.15, -0.1) is 0 Å². The lowest BCUT2D eigenvalue weighted by Gasteiger charge is -2.17. The summed E-state index contributed by atoms with van der Waals surface area (Å²) in [7, 11) is 2.01. The molecule has 1 aromatic rings. The van der Waals surface area contributed by atoms with Crippen molar-refractivity contribution < 1.29 is 0 Å². The minimum absolute atomic E-state index is 1.06. The van der Waals surface area contributed by atoms with Crippen molar-refractivity contribution in [2.75, 3.05) is 31.6 Å². The second-order valence-corrected chi connectivity index (χ2v) is 4.15. The van der Waals surface area contributed by atoms with Gasteiger partial charge in [-0.1, -0.05) is 12.1 Å². The van der Waals surface area contributed by atoms with E-state index in [0.717, 1.165) is 19.5 Å². The molecule has 0 unspecified atom stereocenters. The van der Waals surface area contributed by atoms with Gasteiger partial charge in [0, 0.05) is 18.8 Å². The average molecular weight is 204 g/mol. The quantitative estimate of drug-likeness (QED) is 0.805. The van der Waals surface area contributed by atoms with Crippen LogP contribution in [0.3, 0.4) is 0 Å². The predicted octanol–water partition coefficient (Wildman–Crippen LogP) is 1.83. The van der Waals surface area contributed by atoms with Crippen molar-refractivity contribution in [2.45, 2.75) is 19.8 Å². The Kier molecular flexibility index (Phi) is 3.27. The fraction of sp³-hybridized carbons (Fsp3) is 0.538. The van der Waals surface area contributed by atoms with Gasteiger partial charge in [0.2, 0.25) is 0 Å². The lowest BCUT2D eigenvalue weighted by molar-refractivity contribution is 0.791. The van der Waals surface area contributed by atoms with Crippen LogP contribution in [0.15, 0.2) is 18.2 Å². The van der Waals surface area contributed by atoms with E-state index < -0.39 is 0 Å². The van der Waals surface area contributed by atoms with Crippen molar-refractivity contribution >= 4 is 5.69 Å². The highest BCUT2D eigenvalue weighted by atomic mass is 15.1. The highest BCUT2D eigenvalue weighted by Crippen LogP contribution is 2.28. The van der Waals surface area contributed by atoms with Crippen LogP contribution >= 0.6 is 0 Å². The molecular formula is C13H20N2. The van der Waals surface area contributed by atoms with E-state index in [2.05, 4.69) is 35.3 Å². The topological polar surface area (TPSA) is 15.3 Å². The van der Waals surface area contributed by atoms with Crippen molar-refractivity contribution in [3.05, 3.63) is 29.3 Å². The van der Waals surface area contributed by atoms with E-state index in [4.69, 9.17) is 0 Å². The third kappa shape index (κ3) is 2.15. The Hall–Kier alpha value is -1.02. The minimum atomic E-state index is 1.06. The first-order valence-electron chi connectivity index (χ1n) is 5.86. The van der Waals surface area contributed by atoms with Gasteiger partial charge in [-0.3, -0.25) is 0 Å². The van der Waals surface area contributed by atoms with Crippen molar-refractivity contribution in [3.63, 3.8) is 0 Å². The molecule has 82 valence electrons. The zero-order chi connectivity index (χ0) is 10.7. The molecule has 2 nitrogen and oxygen atoms in total. The van der Waals surface area contributed by atoms with Gasteiger partial charge in [-0.2, -0.15) is 0 Å². The summed E-state index contributed by atoms with van der Waals surface area (Å²) in [6, 6.07) is 6.94. The minimum Gasteiger partial charge on any atom is -0.371 e. The van der Waals surface area contributed by atoms with Gasteiger partial charge in [0.15, 0.2) is 0 Å². The van der Waals surface area contributed by atoms with Crippen LogP contribution in [0.1, 0.15) is 18.1 Å². The van der Waals surface area contributed by atoms with Crippen LogP contribution in [0.5, 0.6) is 0 Å². The van der Waals surface area contributed by atoms with E-state index in [1.165, 1.54) is 29.8 Å². The van der Waals surface area contributed by atoms with Gasteiger partial charge in [-0.05, 0) is 50.6 Å². The summed E-state index contributed by atoms with van der Waals surface area (Å²) in [5, 5.41) is 3.20. The Morgan fingerprint density at radius 1 is 1.40 bits per heavy atom. The maximum atomic E-state index is 3.20. The zero-order valence-corrected chi connectivity index (χ0v) is 9.71. The molecule has 0 aromatic heterocycles. The van der Waals surface area contributed by atoms with Crippen LogP contribution in [-0.2, 0) is 12.8 Å². The molecule has 1 heterocycles. The first-order chi connectivity index (χ1) is 7.35. The van der Waals surface area contributed by atoms with E-state index in [1.807, 2.05) is 7.05 Å². The monoisotopic (exact) mass is 204 g/mol. The third-order valence-corrected chi connectivity index (χ3v) is 3.19. The van der Waals surface area contributed by atoms with E-state index in [0.29, 0.717) is 0 Å². The SMILES string of the molecule is CCN1CCc2ccc(CCNC)cc21. The van der Waals surface area contributed by atoms with Gasteiger partial charge in [0.25, 0.3) is 0 Å². The lowest BCUT2D eigenvalue weighted by Crippen LogP contribution is -2.19. The molecule has 1 aliphatic heterocycles.